The molecule has 0 bridgehead atoms. The lowest BCUT2D eigenvalue weighted by molar-refractivity contribution is -0.213. The van der Waals surface area contributed by atoms with Crippen molar-refractivity contribution in [3.8, 4) is 0 Å². The molecule has 0 radical (unpaired) electrons. The van der Waals surface area contributed by atoms with E-state index in [1.807, 2.05) is 27.7 Å². The average Bonchev–Trinajstić information content (AvgIpc) is 2.65. The van der Waals surface area contributed by atoms with Gasteiger partial charge in [-0.25, -0.2) is 0 Å². The summed E-state index contributed by atoms with van der Waals surface area (Å²) in [6, 6.07) is 0. The van der Waals surface area contributed by atoms with Crippen LogP contribution in [0.1, 0.15) is 73.6 Å². The lowest BCUT2D eigenvalue weighted by atomic mass is 9.41. The van der Waals surface area contributed by atoms with Gasteiger partial charge >= 0.3 is 5.97 Å². The maximum absolute atomic E-state index is 13.7. The number of aliphatic hydroxyl groups is 2. The van der Waals surface area contributed by atoms with Crippen LogP contribution in [0.3, 0.4) is 0 Å². The molecule has 6 heteroatoms. The number of hydrogen-bond donors (Lipinski definition) is 2. The Morgan fingerprint density at radius 1 is 1.24 bits per heavy atom. The highest BCUT2D eigenvalue weighted by Gasteiger charge is 2.70. The van der Waals surface area contributed by atoms with Crippen molar-refractivity contribution < 1.29 is 29.3 Å². The largest absolute Gasteiger partial charge is 0.450 e. The molecule has 0 saturated heterocycles. The van der Waals surface area contributed by atoms with E-state index in [9.17, 15) is 19.8 Å². The van der Waals surface area contributed by atoms with Gasteiger partial charge in [0.05, 0.1) is 23.2 Å². The quantitative estimate of drug-likeness (QED) is 0.549. The van der Waals surface area contributed by atoms with Crippen molar-refractivity contribution in [2.24, 2.45) is 16.7 Å². The van der Waals surface area contributed by atoms with Crippen molar-refractivity contribution in [2.45, 2.75) is 97.6 Å². The zero-order chi connectivity index (χ0) is 21.8. The van der Waals surface area contributed by atoms with E-state index in [2.05, 4.69) is 0 Å². The van der Waals surface area contributed by atoms with Gasteiger partial charge in [0.1, 0.15) is 0 Å². The summed E-state index contributed by atoms with van der Waals surface area (Å²) in [6.07, 6.45) is 0.532. The molecule has 0 aliphatic heterocycles. The Morgan fingerprint density at radius 3 is 2.45 bits per heavy atom. The van der Waals surface area contributed by atoms with E-state index in [-0.39, 0.29) is 17.8 Å². The summed E-state index contributed by atoms with van der Waals surface area (Å²) in [5, 5.41) is 23.0. The molecule has 0 aromatic heterocycles. The molecular formula is C23H36O6. The van der Waals surface area contributed by atoms with Crippen molar-refractivity contribution in [1.29, 1.82) is 0 Å². The van der Waals surface area contributed by atoms with Crippen LogP contribution in [0.15, 0.2) is 11.1 Å². The number of carbonyl (C=O) groups is 2. The molecule has 2 saturated carbocycles. The number of fused-ring (bicyclic) bond motifs is 3. The Hall–Kier alpha value is -1.24. The molecule has 0 amide bonds. The molecule has 6 nitrogen and oxygen atoms in total. The minimum Gasteiger partial charge on any atom is -0.450 e. The number of Topliss-reactive ketones (excluding diaryl/α,β-unsaturated/α-hetero) is 1. The topological polar surface area (TPSA) is 93.1 Å². The van der Waals surface area contributed by atoms with Crippen LogP contribution in [-0.2, 0) is 19.1 Å². The summed E-state index contributed by atoms with van der Waals surface area (Å²) in [4.78, 5) is 25.7. The van der Waals surface area contributed by atoms with E-state index in [1.54, 1.807) is 6.92 Å². The summed E-state index contributed by atoms with van der Waals surface area (Å²) < 4.78 is 11.5. The van der Waals surface area contributed by atoms with E-state index < -0.39 is 34.6 Å². The van der Waals surface area contributed by atoms with Gasteiger partial charge < -0.3 is 19.7 Å². The predicted octanol–water partition coefficient (Wildman–Crippen LogP) is 2.94. The maximum atomic E-state index is 13.7. The van der Waals surface area contributed by atoms with Crippen LogP contribution in [0.5, 0.6) is 0 Å². The molecule has 0 aromatic rings. The van der Waals surface area contributed by atoms with Crippen LogP contribution in [0.25, 0.3) is 0 Å². The molecule has 0 heterocycles. The third-order valence-corrected chi connectivity index (χ3v) is 8.30. The lowest BCUT2D eigenvalue weighted by Gasteiger charge is -2.65. The van der Waals surface area contributed by atoms with E-state index >= 15 is 0 Å². The first-order chi connectivity index (χ1) is 13.5. The first-order valence-electron chi connectivity index (χ1n) is 10.9. The van der Waals surface area contributed by atoms with E-state index in [4.69, 9.17) is 9.47 Å². The van der Waals surface area contributed by atoms with Crippen LogP contribution in [0.4, 0.5) is 0 Å². The highest BCUT2D eigenvalue weighted by molar-refractivity contribution is 5.96. The van der Waals surface area contributed by atoms with Crippen LogP contribution in [0, 0.1) is 16.7 Å². The second-order valence-electron chi connectivity index (χ2n) is 9.54. The fraction of sp³-hybridized carbons (Fsp3) is 0.826. The average molecular weight is 409 g/mol. The van der Waals surface area contributed by atoms with Gasteiger partial charge in [-0.2, -0.15) is 0 Å². The third-order valence-electron chi connectivity index (χ3n) is 8.30. The second-order valence-corrected chi connectivity index (χ2v) is 9.54. The smallest absolute Gasteiger partial charge is 0.303 e. The van der Waals surface area contributed by atoms with Gasteiger partial charge in [0.2, 0.25) is 0 Å². The lowest BCUT2D eigenvalue weighted by Crippen LogP contribution is -2.71. The molecular weight excluding hydrogens is 372 g/mol. The minimum absolute atomic E-state index is 0.174. The zero-order valence-electron chi connectivity index (χ0n) is 18.6. The highest BCUT2D eigenvalue weighted by Crippen LogP contribution is 2.66. The van der Waals surface area contributed by atoms with E-state index in [0.29, 0.717) is 38.7 Å². The summed E-state index contributed by atoms with van der Waals surface area (Å²) in [7, 11) is 0. The van der Waals surface area contributed by atoms with Crippen LogP contribution in [0.2, 0.25) is 0 Å². The second kappa shape index (κ2) is 7.47. The fourth-order valence-electron chi connectivity index (χ4n) is 6.60. The number of esters is 1. The van der Waals surface area contributed by atoms with Gasteiger partial charge in [0, 0.05) is 25.4 Å². The molecule has 3 aliphatic rings. The summed E-state index contributed by atoms with van der Waals surface area (Å²) in [6.45, 7) is 11.5. The standard InChI is InChI=1S/C23H36O6/c1-7-23(27)10-9-13(3)18-19(29-14(4)24)20(26)21(5)16(22(18,23)6)11-15(28-8-2)12-17(21)25/h15-17,19,25,27H,7-12H2,1-6H3/t15-,16?,17-,19+,21-,22-,23-/m0/s1. The van der Waals surface area contributed by atoms with Crippen molar-refractivity contribution in [3.05, 3.63) is 11.1 Å². The predicted molar refractivity (Wildman–Crippen MR) is 108 cm³/mol. The summed E-state index contributed by atoms with van der Waals surface area (Å²) in [5.41, 5.74) is -1.24. The van der Waals surface area contributed by atoms with E-state index in [1.165, 1.54) is 6.92 Å². The number of ether oxygens (including phenoxy) is 2. The van der Waals surface area contributed by atoms with Gasteiger partial charge in [-0.15, -0.1) is 0 Å². The number of carbonyl (C=O) groups excluding carboxylic acids is 2. The maximum Gasteiger partial charge on any atom is 0.303 e. The highest BCUT2D eigenvalue weighted by atomic mass is 16.5. The molecule has 1 unspecified atom stereocenters. The normalized spacial score (nSPS) is 44.9. The number of ketones is 1. The summed E-state index contributed by atoms with van der Waals surface area (Å²) >= 11 is 0. The first kappa shape index (κ1) is 22.4. The zero-order valence-corrected chi connectivity index (χ0v) is 18.6. The molecule has 2 N–H and O–H groups in total. The van der Waals surface area contributed by atoms with E-state index in [0.717, 1.165) is 11.1 Å². The molecule has 3 aliphatic carbocycles. The van der Waals surface area contributed by atoms with Gasteiger partial charge in [-0.3, -0.25) is 9.59 Å². The first-order valence-corrected chi connectivity index (χ1v) is 10.9. The Kier molecular flexibility index (Phi) is 5.78. The molecule has 3 rings (SSSR count). The molecule has 2 fully saturated rings. The van der Waals surface area contributed by atoms with Crippen molar-refractivity contribution in [2.75, 3.05) is 6.61 Å². The van der Waals surface area contributed by atoms with Gasteiger partial charge in [-0.1, -0.05) is 19.4 Å². The Bertz CT molecular complexity index is 729. The van der Waals surface area contributed by atoms with Gasteiger partial charge in [0.15, 0.2) is 11.9 Å². The molecule has 164 valence electrons. The van der Waals surface area contributed by atoms with Crippen molar-refractivity contribution >= 4 is 11.8 Å². The summed E-state index contributed by atoms with van der Waals surface area (Å²) in [5.74, 6) is -1.10. The van der Waals surface area contributed by atoms with Crippen LogP contribution < -0.4 is 0 Å². The van der Waals surface area contributed by atoms with Crippen molar-refractivity contribution in [1.82, 2.24) is 0 Å². The third kappa shape index (κ3) is 3.02. The Balaban J connectivity index is 2.26. The van der Waals surface area contributed by atoms with Crippen molar-refractivity contribution in [3.63, 3.8) is 0 Å². The van der Waals surface area contributed by atoms with Gasteiger partial charge in [0.25, 0.3) is 0 Å². The monoisotopic (exact) mass is 408 g/mol. The Morgan fingerprint density at radius 2 is 1.90 bits per heavy atom. The number of aliphatic hydroxyl groups excluding tert-OH is 1. The van der Waals surface area contributed by atoms with Crippen LogP contribution >= 0.6 is 0 Å². The number of hydrogen-bond acceptors (Lipinski definition) is 6. The molecule has 0 aromatic carbocycles. The molecule has 7 atom stereocenters. The molecule has 0 spiro atoms. The van der Waals surface area contributed by atoms with Crippen LogP contribution in [-0.4, -0.2) is 52.5 Å². The minimum atomic E-state index is -1.12. The number of allylic oxidation sites excluding steroid dienone is 1. The van der Waals surface area contributed by atoms with Gasteiger partial charge in [-0.05, 0) is 57.9 Å². The molecule has 29 heavy (non-hydrogen) atoms. The Labute approximate surface area is 173 Å². The SMILES string of the molecule is CCO[C@H]1CC2[C@](C)(C(=O)[C@H](OC(C)=O)C3=C(C)CC[C@@](O)(CC)[C@]32C)[C@@H](O)C1. The fourth-order valence-corrected chi connectivity index (χ4v) is 6.60. The number of rotatable bonds is 4.